The van der Waals surface area contributed by atoms with E-state index in [1.165, 1.54) is 7.05 Å². The molecule has 0 aliphatic carbocycles. The fourth-order valence-corrected chi connectivity index (χ4v) is 3.20. The Hall–Kier alpha value is -2.95. The average molecular weight is 515 g/mol. The zero-order chi connectivity index (χ0) is 26.4. The lowest BCUT2D eigenvalue weighted by Gasteiger charge is -2.23. The summed E-state index contributed by atoms with van der Waals surface area (Å²) in [6, 6.07) is 7.09. The molecular formula is C22H35N4O8P. The Morgan fingerprint density at radius 1 is 1.00 bits per heavy atom. The second-order valence-corrected chi connectivity index (χ2v) is 9.80. The molecule has 196 valence electrons. The lowest BCUT2D eigenvalue weighted by molar-refractivity contribution is -0.135. The van der Waals surface area contributed by atoms with E-state index < -0.39 is 43.5 Å². The van der Waals surface area contributed by atoms with Gasteiger partial charge in [-0.25, -0.2) is 10.3 Å². The molecule has 4 amide bonds. The molecule has 0 aliphatic rings. The van der Waals surface area contributed by atoms with E-state index in [1.807, 2.05) is 30.6 Å². The molecule has 12 nitrogen and oxygen atoms in total. The Morgan fingerprint density at radius 2 is 1.57 bits per heavy atom. The molecule has 4 N–H and O–H groups in total. The highest BCUT2D eigenvalue weighted by atomic mass is 31.2. The predicted octanol–water partition coefficient (Wildman–Crippen LogP) is 1.69. The summed E-state index contributed by atoms with van der Waals surface area (Å²) in [6.07, 6.45) is 0.921. The molecule has 35 heavy (non-hydrogen) atoms. The second-order valence-electron chi connectivity index (χ2n) is 8.02. The van der Waals surface area contributed by atoms with E-state index >= 15 is 0 Å². The Labute approximate surface area is 205 Å². The number of benzene rings is 1. The minimum Gasteiger partial charge on any atom is -0.445 e. The minimum absolute atomic E-state index is 0.0564. The molecule has 0 heterocycles. The van der Waals surface area contributed by atoms with Crippen LogP contribution in [0.1, 0.15) is 45.1 Å². The maximum Gasteiger partial charge on any atom is 0.410 e. The van der Waals surface area contributed by atoms with Crippen molar-refractivity contribution in [2.75, 3.05) is 20.3 Å². The smallest absolute Gasteiger partial charge is 0.410 e. The summed E-state index contributed by atoms with van der Waals surface area (Å²) in [5.41, 5.74) is 2.68. The van der Waals surface area contributed by atoms with Gasteiger partial charge in [-0.1, -0.05) is 57.0 Å². The second kappa shape index (κ2) is 15.1. The third kappa shape index (κ3) is 12.4. The maximum atomic E-state index is 12.8. The molecule has 3 atom stereocenters. The maximum absolute atomic E-state index is 12.8. The van der Waals surface area contributed by atoms with Crippen LogP contribution in [0, 0.1) is 0 Å². The molecule has 1 rings (SSSR count). The number of carbonyl (C=O) groups excluding carboxylic acids is 4. The van der Waals surface area contributed by atoms with Gasteiger partial charge in [0, 0.05) is 13.7 Å². The van der Waals surface area contributed by atoms with E-state index in [0.717, 1.165) is 17.1 Å². The molecule has 0 saturated heterocycles. The van der Waals surface area contributed by atoms with Crippen LogP contribution < -0.4 is 16.1 Å². The molecule has 0 aromatic heterocycles. The number of nitrogens with one attached hydrogen (secondary N) is 3. The molecule has 0 radical (unpaired) electrons. The molecule has 1 aromatic rings. The van der Waals surface area contributed by atoms with Gasteiger partial charge in [0.25, 0.3) is 5.91 Å². The number of hydrogen-bond donors (Lipinski definition) is 4. The van der Waals surface area contributed by atoms with Crippen molar-refractivity contribution in [3.05, 3.63) is 35.9 Å². The Kier molecular flexibility index (Phi) is 13.0. The van der Waals surface area contributed by atoms with Gasteiger partial charge in [0.05, 0.1) is 0 Å². The first-order valence-corrected chi connectivity index (χ1v) is 13.3. The van der Waals surface area contributed by atoms with Gasteiger partial charge in [-0.15, -0.1) is 0 Å². The number of hydrogen-bond acceptors (Lipinski definition) is 7. The van der Waals surface area contributed by atoms with Crippen LogP contribution >= 0.6 is 7.60 Å². The van der Waals surface area contributed by atoms with E-state index in [-0.39, 0.29) is 26.0 Å². The summed E-state index contributed by atoms with van der Waals surface area (Å²) >= 11 is 0. The molecule has 0 bridgehead atoms. The minimum atomic E-state index is -3.95. The van der Waals surface area contributed by atoms with Crippen LogP contribution in [0.5, 0.6) is 0 Å². The van der Waals surface area contributed by atoms with Gasteiger partial charge in [0.1, 0.15) is 25.2 Å². The van der Waals surface area contributed by atoms with Crippen LogP contribution in [0.4, 0.5) is 4.79 Å². The molecule has 1 aromatic carbocycles. The Balaban J connectivity index is 2.66. The molecular weight excluding hydrogens is 479 g/mol. The first kappa shape index (κ1) is 30.1. The van der Waals surface area contributed by atoms with Gasteiger partial charge in [-0.2, -0.15) is 4.62 Å². The van der Waals surface area contributed by atoms with Crippen molar-refractivity contribution in [3.8, 4) is 0 Å². The van der Waals surface area contributed by atoms with Crippen molar-refractivity contribution in [2.24, 2.45) is 0 Å². The van der Waals surface area contributed by atoms with Crippen LogP contribution in [0.25, 0.3) is 0 Å². The lowest BCUT2D eigenvalue weighted by atomic mass is 10.1. The lowest BCUT2D eigenvalue weighted by Crippen LogP contribution is -2.54. The standard InChI is InChI=1S/C22H35N4O8P/c1-5-10-17(20(28)24-18(11-6-2)21(29)25-34-35(4,31)32)23-19(27)14-26(3)22(30)33-15-16-12-8-7-9-13-16/h7-9,12-13,17-18H,5-6,10-11,14-15H2,1-4H3,(H,23,27)(H,24,28)(H,25,29)(H,31,32)/t17-,18-/m0/s1. The van der Waals surface area contributed by atoms with Crippen LogP contribution in [-0.2, 0) is 34.9 Å². The first-order valence-electron chi connectivity index (χ1n) is 11.3. The Morgan fingerprint density at radius 3 is 2.11 bits per heavy atom. The summed E-state index contributed by atoms with van der Waals surface area (Å²) in [4.78, 5) is 60.0. The third-order valence-electron chi connectivity index (χ3n) is 4.65. The number of ether oxygens (including phenoxy) is 1. The highest BCUT2D eigenvalue weighted by Crippen LogP contribution is 2.34. The molecule has 1 unspecified atom stereocenters. The van der Waals surface area contributed by atoms with E-state index in [9.17, 15) is 23.7 Å². The molecule has 0 fully saturated rings. The summed E-state index contributed by atoms with van der Waals surface area (Å²) < 4.78 is 20.8. The number of likely N-dealkylation sites (N-methyl/N-ethyl adjacent to an activating group) is 1. The van der Waals surface area contributed by atoms with Crippen LogP contribution in [0.15, 0.2) is 30.3 Å². The predicted molar refractivity (Wildman–Crippen MR) is 128 cm³/mol. The number of hydroxylamine groups is 1. The molecule has 0 spiro atoms. The topological polar surface area (TPSA) is 163 Å². The quantitative estimate of drug-likeness (QED) is 0.215. The van der Waals surface area contributed by atoms with Gasteiger partial charge < -0.3 is 25.2 Å². The van der Waals surface area contributed by atoms with Crippen molar-refractivity contribution >= 4 is 31.4 Å². The summed E-state index contributed by atoms with van der Waals surface area (Å²) in [5, 5.41) is 5.11. The highest BCUT2D eigenvalue weighted by molar-refractivity contribution is 7.51. The number of rotatable bonds is 14. The third-order valence-corrected chi connectivity index (χ3v) is 5.08. The largest absolute Gasteiger partial charge is 0.445 e. The SMILES string of the molecule is CCC[C@H](NC(=O)CN(C)C(=O)OCc1ccccc1)C(=O)N[C@@H](CCC)C(=O)NOP(C)(=O)O. The number of nitrogens with zero attached hydrogens (tertiary/aromatic N) is 1. The van der Waals surface area contributed by atoms with Gasteiger partial charge in [-0.3, -0.25) is 18.9 Å². The van der Waals surface area contributed by atoms with Crippen molar-refractivity contribution in [3.63, 3.8) is 0 Å². The van der Waals surface area contributed by atoms with Gasteiger partial charge in [0.15, 0.2) is 0 Å². The van der Waals surface area contributed by atoms with Gasteiger partial charge in [-0.05, 0) is 18.4 Å². The van der Waals surface area contributed by atoms with Crippen LogP contribution in [-0.4, -0.2) is 65.9 Å². The zero-order valence-corrected chi connectivity index (χ0v) is 21.4. The fourth-order valence-electron chi connectivity index (χ4n) is 2.94. The van der Waals surface area contributed by atoms with E-state index in [4.69, 9.17) is 9.63 Å². The van der Waals surface area contributed by atoms with Gasteiger partial charge in [0.2, 0.25) is 11.8 Å². The van der Waals surface area contributed by atoms with Crippen LogP contribution in [0.2, 0.25) is 0 Å². The van der Waals surface area contributed by atoms with E-state index in [0.29, 0.717) is 12.8 Å². The molecule has 0 saturated carbocycles. The van der Waals surface area contributed by atoms with E-state index in [1.54, 1.807) is 19.1 Å². The number of carbonyl (C=O) groups is 4. The van der Waals surface area contributed by atoms with Crippen molar-refractivity contribution in [2.45, 2.75) is 58.2 Å². The fraction of sp³-hybridized carbons (Fsp3) is 0.545. The number of amides is 4. The molecule has 0 aliphatic heterocycles. The monoisotopic (exact) mass is 514 g/mol. The average Bonchev–Trinajstić information content (AvgIpc) is 2.80. The van der Waals surface area contributed by atoms with Crippen molar-refractivity contribution in [1.82, 2.24) is 21.0 Å². The summed E-state index contributed by atoms with van der Waals surface area (Å²) in [6.45, 7) is 4.24. The highest BCUT2D eigenvalue weighted by Gasteiger charge is 2.27. The first-order chi connectivity index (χ1) is 16.5. The van der Waals surface area contributed by atoms with Crippen LogP contribution in [0.3, 0.4) is 0 Å². The normalized spacial score (nSPS) is 14.1. The molecule has 13 heteroatoms. The zero-order valence-electron chi connectivity index (χ0n) is 20.5. The Bertz CT molecular complexity index is 893. The van der Waals surface area contributed by atoms with Crippen molar-refractivity contribution in [1.29, 1.82) is 0 Å². The summed E-state index contributed by atoms with van der Waals surface area (Å²) in [5.74, 6) is -1.98. The van der Waals surface area contributed by atoms with Crippen molar-refractivity contribution < 1.29 is 38.0 Å². The van der Waals surface area contributed by atoms with E-state index in [2.05, 4.69) is 15.3 Å². The summed E-state index contributed by atoms with van der Waals surface area (Å²) in [7, 11) is -2.55. The van der Waals surface area contributed by atoms with Gasteiger partial charge >= 0.3 is 13.7 Å².